The zero-order chi connectivity index (χ0) is 18.1. The van der Waals surface area contributed by atoms with Crippen LogP contribution in [-0.4, -0.2) is 26.9 Å². The van der Waals surface area contributed by atoms with Gasteiger partial charge in [-0.05, 0) is 41.8 Å². The van der Waals surface area contributed by atoms with E-state index in [9.17, 15) is 4.79 Å². The number of hydrogen-bond acceptors (Lipinski definition) is 2. The number of aromatic nitrogens is 2. The molecule has 0 radical (unpaired) electrons. The van der Waals surface area contributed by atoms with Crippen LogP contribution in [0.4, 0.5) is 0 Å². The second-order valence-electron chi connectivity index (χ2n) is 6.39. The maximum Gasteiger partial charge on any atom is 0.250 e. The topological polar surface area (TPSA) is 38.1 Å². The number of carbonyl (C=O) groups excluding carboxylic acids is 1. The van der Waals surface area contributed by atoms with E-state index in [2.05, 4.69) is 20.9 Å². The molecule has 1 aliphatic heterocycles. The van der Waals surface area contributed by atoms with Crippen LogP contribution in [0.1, 0.15) is 22.9 Å². The Balaban J connectivity index is 0.00000210. The van der Waals surface area contributed by atoms with Crippen LogP contribution in [0.3, 0.4) is 0 Å². The molecule has 140 valence electrons. The molecule has 0 saturated carbocycles. The van der Waals surface area contributed by atoms with Crippen molar-refractivity contribution in [3.05, 3.63) is 87.4 Å². The molecule has 0 saturated heterocycles. The molecule has 7 heteroatoms. The van der Waals surface area contributed by atoms with Crippen molar-refractivity contribution < 1.29 is 4.79 Å². The molecule has 0 N–H and O–H groups in total. The third kappa shape index (κ3) is 4.21. The van der Waals surface area contributed by atoms with Gasteiger partial charge in [0.2, 0.25) is 0 Å². The summed E-state index contributed by atoms with van der Waals surface area (Å²) in [6.45, 7) is 1.22. The van der Waals surface area contributed by atoms with E-state index in [0.717, 1.165) is 32.7 Å². The Morgan fingerprint density at radius 2 is 2.00 bits per heavy atom. The van der Waals surface area contributed by atoms with Gasteiger partial charge in [0.25, 0.3) is 5.91 Å². The fourth-order valence-corrected chi connectivity index (χ4v) is 4.01. The lowest BCUT2D eigenvalue weighted by Gasteiger charge is -2.34. The average Bonchev–Trinajstić information content (AvgIpc) is 3.08. The van der Waals surface area contributed by atoms with Gasteiger partial charge in [-0.25, -0.2) is 4.98 Å². The van der Waals surface area contributed by atoms with Gasteiger partial charge in [-0.15, -0.1) is 12.4 Å². The molecule has 3 aromatic rings. The van der Waals surface area contributed by atoms with Gasteiger partial charge in [-0.3, -0.25) is 4.79 Å². The molecule has 1 aromatic heterocycles. The van der Waals surface area contributed by atoms with E-state index < -0.39 is 0 Å². The molecule has 0 aliphatic carbocycles. The predicted octanol–water partition coefficient (Wildman–Crippen LogP) is 4.90. The van der Waals surface area contributed by atoms with Gasteiger partial charge in [0.1, 0.15) is 6.04 Å². The van der Waals surface area contributed by atoms with Crippen molar-refractivity contribution in [3.8, 4) is 0 Å². The van der Waals surface area contributed by atoms with Crippen molar-refractivity contribution in [3.63, 3.8) is 0 Å². The van der Waals surface area contributed by atoms with E-state index in [1.807, 2.05) is 64.2 Å². The Morgan fingerprint density at radius 1 is 1.19 bits per heavy atom. The number of imidazole rings is 1. The second kappa shape index (κ2) is 8.46. The van der Waals surface area contributed by atoms with Crippen LogP contribution in [0.15, 0.2) is 65.5 Å². The van der Waals surface area contributed by atoms with Gasteiger partial charge in [0.05, 0.1) is 18.6 Å². The van der Waals surface area contributed by atoms with Crippen LogP contribution in [-0.2, 0) is 17.8 Å². The van der Waals surface area contributed by atoms with E-state index in [-0.39, 0.29) is 24.4 Å². The number of fused-ring (bicyclic) bond motifs is 1. The van der Waals surface area contributed by atoms with Crippen LogP contribution in [0.5, 0.6) is 0 Å². The van der Waals surface area contributed by atoms with Gasteiger partial charge >= 0.3 is 0 Å². The molecular formula is C20H18BrCl2N3O. The minimum Gasteiger partial charge on any atom is -0.334 e. The van der Waals surface area contributed by atoms with Gasteiger partial charge in [-0.1, -0.05) is 51.8 Å². The van der Waals surface area contributed by atoms with Crippen LogP contribution >= 0.6 is 39.9 Å². The normalized spacial score (nSPS) is 16.0. The van der Waals surface area contributed by atoms with E-state index >= 15 is 0 Å². The summed E-state index contributed by atoms with van der Waals surface area (Å²) in [4.78, 5) is 19.4. The Morgan fingerprint density at radius 3 is 2.78 bits per heavy atom. The molecule has 2 heterocycles. The Bertz CT molecular complexity index is 960. The second-order valence-corrected chi connectivity index (χ2v) is 7.74. The fraction of sp³-hybridized carbons (Fsp3) is 0.200. The quantitative estimate of drug-likeness (QED) is 0.548. The zero-order valence-corrected chi connectivity index (χ0v) is 17.5. The molecule has 4 rings (SSSR count). The summed E-state index contributed by atoms with van der Waals surface area (Å²) in [6.07, 6.45) is 4.35. The minimum atomic E-state index is -0.377. The maximum absolute atomic E-state index is 13.2. The van der Waals surface area contributed by atoms with Gasteiger partial charge in [-0.2, -0.15) is 0 Å². The highest BCUT2D eigenvalue weighted by Gasteiger charge is 2.33. The highest BCUT2D eigenvalue weighted by molar-refractivity contribution is 9.10. The number of rotatable bonds is 4. The number of halogens is 3. The van der Waals surface area contributed by atoms with Crippen molar-refractivity contribution in [2.45, 2.75) is 19.0 Å². The third-order valence-electron chi connectivity index (χ3n) is 4.65. The molecule has 1 amide bonds. The molecule has 0 spiro atoms. The first-order valence-corrected chi connectivity index (χ1v) is 9.58. The number of amides is 1. The lowest BCUT2D eigenvalue weighted by atomic mass is 10.0. The Labute approximate surface area is 177 Å². The monoisotopic (exact) mass is 465 g/mol. The molecule has 1 atom stereocenters. The number of nitrogens with zero attached hydrogens (tertiary/aromatic N) is 3. The summed E-state index contributed by atoms with van der Waals surface area (Å²) in [7, 11) is 0. The highest BCUT2D eigenvalue weighted by Crippen LogP contribution is 2.30. The fourth-order valence-electron chi connectivity index (χ4n) is 3.38. The lowest BCUT2D eigenvalue weighted by Crippen LogP contribution is -2.43. The van der Waals surface area contributed by atoms with E-state index in [1.165, 1.54) is 0 Å². The van der Waals surface area contributed by atoms with Gasteiger partial charge < -0.3 is 9.47 Å². The Hall–Kier alpha value is -1.82. The average molecular weight is 467 g/mol. The molecule has 0 fully saturated rings. The van der Waals surface area contributed by atoms with Gasteiger partial charge in [0.15, 0.2) is 0 Å². The van der Waals surface area contributed by atoms with Crippen molar-refractivity contribution >= 4 is 45.8 Å². The third-order valence-corrected chi connectivity index (χ3v) is 5.38. The lowest BCUT2D eigenvalue weighted by molar-refractivity contribution is -0.136. The SMILES string of the molecule is Cl.O=C1C(c2cccc(Br)c2)n2cncc2CN1CCc1cccc(Cl)c1. The predicted molar refractivity (Wildman–Crippen MR) is 112 cm³/mol. The smallest absolute Gasteiger partial charge is 0.250 e. The van der Waals surface area contributed by atoms with E-state index in [4.69, 9.17) is 11.6 Å². The van der Waals surface area contributed by atoms with Crippen molar-refractivity contribution in [2.24, 2.45) is 0 Å². The Kier molecular flexibility index (Phi) is 6.25. The summed E-state index contributed by atoms with van der Waals surface area (Å²) in [5.74, 6) is 0.0932. The van der Waals surface area contributed by atoms with Gasteiger partial charge in [0, 0.05) is 22.2 Å². The van der Waals surface area contributed by atoms with E-state index in [1.54, 1.807) is 6.33 Å². The first kappa shape index (κ1) is 19.9. The van der Waals surface area contributed by atoms with E-state index in [0.29, 0.717) is 13.1 Å². The molecule has 1 unspecified atom stereocenters. The summed E-state index contributed by atoms with van der Waals surface area (Å²) in [5, 5.41) is 0.720. The number of benzene rings is 2. The van der Waals surface area contributed by atoms with Crippen LogP contribution in [0.25, 0.3) is 0 Å². The van der Waals surface area contributed by atoms with Crippen molar-refractivity contribution in [1.82, 2.24) is 14.5 Å². The summed E-state index contributed by atoms with van der Waals surface area (Å²) in [5.41, 5.74) is 3.13. The van der Waals surface area contributed by atoms with Crippen molar-refractivity contribution in [1.29, 1.82) is 0 Å². The molecule has 27 heavy (non-hydrogen) atoms. The van der Waals surface area contributed by atoms with Crippen LogP contribution < -0.4 is 0 Å². The summed E-state index contributed by atoms with van der Waals surface area (Å²) < 4.78 is 2.93. The zero-order valence-electron chi connectivity index (χ0n) is 14.4. The van der Waals surface area contributed by atoms with Crippen LogP contribution in [0.2, 0.25) is 5.02 Å². The molecule has 2 aromatic carbocycles. The first-order chi connectivity index (χ1) is 12.6. The number of hydrogen-bond donors (Lipinski definition) is 0. The molecule has 0 bridgehead atoms. The molecular weight excluding hydrogens is 449 g/mol. The minimum absolute atomic E-state index is 0. The number of carbonyl (C=O) groups is 1. The van der Waals surface area contributed by atoms with Crippen LogP contribution in [0, 0.1) is 0 Å². The maximum atomic E-state index is 13.2. The first-order valence-electron chi connectivity index (χ1n) is 8.41. The van der Waals surface area contributed by atoms with Crippen molar-refractivity contribution in [2.75, 3.05) is 6.54 Å². The molecule has 4 nitrogen and oxygen atoms in total. The summed E-state index contributed by atoms with van der Waals surface area (Å²) in [6, 6.07) is 15.3. The summed E-state index contributed by atoms with van der Waals surface area (Å²) >= 11 is 9.57. The standard InChI is InChI=1S/C20H17BrClN3O.ClH/c21-16-5-2-4-15(10-16)19-20(26)24(12-18-11-23-13-25(18)19)8-7-14-3-1-6-17(22)9-14;/h1-6,9-11,13,19H,7-8,12H2;1H. The molecule has 1 aliphatic rings. The largest absolute Gasteiger partial charge is 0.334 e. The highest BCUT2D eigenvalue weighted by atomic mass is 79.9.